The van der Waals surface area contributed by atoms with E-state index in [0.717, 1.165) is 12.8 Å². The Hall–Kier alpha value is -5.27. The van der Waals surface area contributed by atoms with Crippen LogP contribution in [0.2, 0.25) is 0 Å². The van der Waals surface area contributed by atoms with E-state index in [0.29, 0.717) is 0 Å². The summed E-state index contributed by atoms with van der Waals surface area (Å²) >= 11 is 0. The topological polar surface area (TPSA) is 12.4 Å². The molecule has 1 heteroatoms. The smallest absolute Gasteiger partial charge is 0.0302 e. The van der Waals surface area contributed by atoms with Gasteiger partial charge in [-0.2, -0.15) is 0 Å². The first kappa shape index (κ1) is 25.4. The fourth-order valence-electron chi connectivity index (χ4n) is 6.82. The fraction of sp³-hybridized carbons (Fsp3) is 0.0714. The van der Waals surface area contributed by atoms with E-state index in [2.05, 4.69) is 145 Å². The van der Waals surface area contributed by atoms with E-state index in [1.165, 1.54) is 82.4 Å². The van der Waals surface area contributed by atoms with Crippen molar-refractivity contribution in [3.05, 3.63) is 151 Å². The van der Waals surface area contributed by atoms with Gasteiger partial charge >= 0.3 is 0 Å². The largest absolute Gasteiger partial charge is 0.269 e. The van der Waals surface area contributed by atoms with Crippen molar-refractivity contribution >= 4 is 44.1 Å². The highest BCUT2D eigenvalue weighted by molar-refractivity contribution is 6.21. The maximum Gasteiger partial charge on any atom is 0.0302 e. The summed E-state index contributed by atoms with van der Waals surface area (Å²) in [6.07, 6.45) is 6.06. The van der Waals surface area contributed by atoms with E-state index in [9.17, 15) is 0 Å². The van der Waals surface area contributed by atoms with Crippen molar-refractivity contribution in [3.63, 3.8) is 0 Å². The molecule has 0 saturated heterocycles. The second-order valence-electron chi connectivity index (χ2n) is 11.5. The Morgan fingerprint density at radius 2 is 1.02 bits per heavy atom. The molecule has 1 nitrogen and oxygen atoms in total. The Bertz CT molecular complexity index is 2170. The van der Waals surface area contributed by atoms with E-state index in [4.69, 9.17) is 0 Å². The van der Waals surface area contributed by atoms with E-state index in [-0.39, 0.29) is 0 Å². The highest BCUT2D eigenvalue weighted by atomic mass is 14.7. The minimum absolute atomic E-state index is 1.01. The molecule has 0 saturated carbocycles. The summed E-state index contributed by atoms with van der Waals surface area (Å²) in [6.45, 7) is 2.24. The monoisotopic (exact) mass is 549 g/mol. The van der Waals surface area contributed by atoms with E-state index in [1.807, 2.05) is 12.4 Å². The molecule has 1 heterocycles. The molecule has 1 aliphatic heterocycles. The summed E-state index contributed by atoms with van der Waals surface area (Å²) in [7, 11) is 0. The van der Waals surface area contributed by atoms with E-state index in [1.54, 1.807) is 0 Å². The number of aryl methyl sites for hydroxylation is 1. The molecule has 0 atom stereocenters. The van der Waals surface area contributed by atoms with E-state index < -0.39 is 0 Å². The Morgan fingerprint density at radius 3 is 1.63 bits per heavy atom. The van der Waals surface area contributed by atoms with Crippen LogP contribution in [-0.4, -0.2) is 6.21 Å². The maximum absolute atomic E-state index is 4.36. The van der Waals surface area contributed by atoms with Crippen LogP contribution in [0, 0.1) is 6.92 Å². The highest BCUT2D eigenvalue weighted by Gasteiger charge is 2.17. The van der Waals surface area contributed by atoms with Crippen LogP contribution in [0.25, 0.3) is 71.3 Å². The third-order valence-corrected chi connectivity index (χ3v) is 8.93. The highest BCUT2D eigenvalue weighted by Crippen LogP contribution is 2.44. The van der Waals surface area contributed by atoms with Gasteiger partial charge in [-0.05, 0) is 108 Å². The van der Waals surface area contributed by atoms with Gasteiger partial charge < -0.3 is 0 Å². The summed E-state index contributed by atoms with van der Waals surface area (Å²) < 4.78 is 0. The molecule has 204 valence electrons. The predicted molar refractivity (Wildman–Crippen MR) is 186 cm³/mol. The minimum Gasteiger partial charge on any atom is -0.269 e. The molecule has 8 rings (SSSR count). The standard InChI is InChI=1S/C42H31N/c1-28-25-33(22-23-36(28)31-19-16-30(17-20-31)35-11-8-24-43-27-35)41-37-12-4-6-14-39(37)42(40-15-7-5-13-38(40)41)34-21-18-29-9-2-3-10-32(29)26-34/h2-7,9-10,12-27H,8,11H2,1H3. The van der Waals surface area contributed by atoms with Crippen LogP contribution < -0.4 is 0 Å². The molecule has 0 N–H and O–H groups in total. The van der Waals surface area contributed by atoms with E-state index >= 15 is 0 Å². The van der Waals surface area contributed by atoms with Gasteiger partial charge in [-0.15, -0.1) is 0 Å². The quantitative estimate of drug-likeness (QED) is 0.194. The first-order valence-corrected chi connectivity index (χ1v) is 15.1. The van der Waals surface area contributed by atoms with Gasteiger partial charge in [0.2, 0.25) is 0 Å². The molecular weight excluding hydrogens is 518 g/mol. The van der Waals surface area contributed by atoms with Crippen molar-refractivity contribution in [3.8, 4) is 33.4 Å². The van der Waals surface area contributed by atoms with Crippen molar-refractivity contribution in [1.29, 1.82) is 0 Å². The molecule has 7 aromatic carbocycles. The van der Waals surface area contributed by atoms with Gasteiger partial charge in [0.15, 0.2) is 0 Å². The number of hydrogen-bond donors (Lipinski definition) is 0. The molecule has 7 aromatic rings. The second kappa shape index (κ2) is 10.5. The molecule has 0 spiro atoms. The van der Waals surface area contributed by atoms with Crippen LogP contribution in [0.1, 0.15) is 24.0 Å². The van der Waals surface area contributed by atoms with Gasteiger partial charge in [-0.1, -0.05) is 127 Å². The fourth-order valence-corrected chi connectivity index (χ4v) is 6.82. The first-order chi connectivity index (χ1) is 21.2. The van der Waals surface area contributed by atoms with Gasteiger partial charge in [0.1, 0.15) is 0 Å². The minimum atomic E-state index is 1.01. The molecule has 43 heavy (non-hydrogen) atoms. The number of aliphatic imine (C=N–C) groups is 1. The average molecular weight is 550 g/mol. The second-order valence-corrected chi connectivity index (χ2v) is 11.5. The molecule has 0 aliphatic carbocycles. The lowest BCUT2D eigenvalue weighted by Crippen LogP contribution is -1.93. The Labute approximate surface area is 252 Å². The van der Waals surface area contributed by atoms with Gasteiger partial charge in [-0.3, -0.25) is 4.99 Å². The van der Waals surface area contributed by atoms with Gasteiger partial charge in [0.05, 0.1) is 0 Å². The van der Waals surface area contributed by atoms with Crippen molar-refractivity contribution in [2.45, 2.75) is 19.8 Å². The van der Waals surface area contributed by atoms with Crippen molar-refractivity contribution in [2.24, 2.45) is 4.99 Å². The van der Waals surface area contributed by atoms with Gasteiger partial charge in [-0.25, -0.2) is 0 Å². The van der Waals surface area contributed by atoms with Crippen molar-refractivity contribution in [1.82, 2.24) is 0 Å². The lowest BCUT2D eigenvalue weighted by molar-refractivity contribution is 1.10. The summed E-state index contributed by atoms with van der Waals surface area (Å²) in [4.78, 5) is 4.36. The third kappa shape index (κ3) is 4.45. The molecule has 0 amide bonds. The number of nitrogens with zero attached hydrogens (tertiary/aromatic N) is 1. The number of allylic oxidation sites excluding steroid dienone is 1. The SMILES string of the molecule is Cc1cc(-c2c3ccccc3c(-c3ccc4ccccc4c3)c3ccccc23)ccc1-c1ccc(C2=CN=CCC2)cc1. The summed E-state index contributed by atoms with van der Waals surface area (Å²) in [5.41, 5.74) is 11.5. The maximum atomic E-state index is 4.36. The molecular formula is C42H31N. The van der Waals surface area contributed by atoms with Crippen LogP contribution in [0.5, 0.6) is 0 Å². The zero-order valence-electron chi connectivity index (χ0n) is 24.2. The Morgan fingerprint density at radius 1 is 0.488 bits per heavy atom. The predicted octanol–water partition coefficient (Wildman–Crippen LogP) is 11.7. The number of rotatable bonds is 4. The number of benzene rings is 7. The molecule has 0 aromatic heterocycles. The zero-order chi connectivity index (χ0) is 28.8. The lowest BCUT2D eigenvalue weighted by atomic mass is 9.84. The van der Waals surface area contributed by atoms with Crippen LogP contribution in [0.3, 0.4) is 0 Å². The number of fused-ring (bicyclic) bond motifs is 3. The van der Waals surface area contributed by atoms with Crippen LogP contribution >= 0.6 is 0 Å². The van der Waals surface area contributed by atoms with Crippen molar-refractivity contribution < 1.29 is 0 Å². The summed E-state index contributed by atoms with van der Waals surface area (Å²) in [5.74, 6) is 0. The third-order valence-electron chi connectivity index (χ3n) is 8.93. The zero-order valence-corrected chi connectivity index (χ0v) is 24.2. The van der Waals surface area contributed by atoms with Gasteiger partial charge in [0, 0.05) is 12.4 Å². The number of hydrogen-bond acceptors (Lipinski definition) is 1. The molecule has 0 unspecified atom stereocenters. The lowest BCUT2D eigenvalue weighted by Gasteiger charge is -2.19. The van der Waals surface area contributed by atoms with Gasteiger partial charge in [0.25, 0.3) is 0 Å². The summed E-state index contributed by atoms with van der Waals surface area (Å²) in [5, 5.41) is 7.66. The molecule has 0 fully saturated rings. The molecule has 0 radical (unpaired) electrons. The van der Waals surface area contributed by atoms with Crippen molar-refractivity contribution in [2.75, 3.05) is 0 Å². The first-order valence-electron chi connectivity index (χ1n) is 15.1. The normalized spacial score (nSPS) is 13.1. The summed E-state index contributed by atoms with van der Waals surface area (Å²) in [6, 6.07) is 49.2. The average Bonchev–Trinajstić information content (AvgIpc) is 3.07. The van der Waals surface area contributed by atoms with Crippen LogP contribution in [-0.2, 0) is 0 Å². The molecule has 1 aliphatic rings. The Kier molecular flexibility index (Phi) is 6.23. The molecule has 0 bridgehead atoms. The van der Waals surface area contributed by atoms with Crippen LogP contribution in [0.15, 0.2) is 145 Å². The van der Waals surface area contributed by atoms with Crippen LogP contribution in [0.4, 0.5) is 0 Å². The Balaban J connectivity index is 1.28.